The largest absolute Gasteiger partial charge is 0.334 e. The standard InChI is InChI=1S/C12H19N3O/c1-9-7-13-6-5-10(9)8-14-11(16)15-12(2,3)4/h5-7H,8H2,1-4H3,(H2,14,15,16). The molecule has 1 rings (SSSR count). The average molecular weight is 221 g/mol. The van der Waals surface area contributed by atoms with Crippen LogP contribution in [0.25, 0.3) is 0 Å². The van der Waals surface area contributed by atoms with Crippen LogP contribution in [-0.4, -0.2) is 16.6 Å². The van der Waals surface area contributed by atoms with Crippen molar-refractivity contribution >= 4 is 6.03 Å². The third-order valence-corrected chi connectivity index (χ3v) is 2.06. The average Bonchev–Trinajstić information content (AvgIpc) is 2.14. The Morgan fingerprint density at radius 3 is 2.69 bits per heavy atom. The number of hydrogen-bond donors (Lipinski definition) is 2. The first-order valence-corrected chi connectivity index (χ1v) is 5.34. The molecule has 0 saturated heterocycles. The van der Waals surface area contributed by atoms with E-state index in [1.54, 1.807) is 12.4 Å². The summed E-state index contributed by atoms with van der Waals surface area (Å²) in [4.78, 5) is 15.5. The molecule has 0 atom stereocenters. The van der Waals surface area contributed by atoms with Gasteiger partial charge < -0.3 is 10.6 Å². The van der Waals surface area contributed by atoms with E-state index in [1.165, 1.54) is 0 Å². The molecule has 0 aliphatic heterocycles. The monoisotopic (exact) mass is 221 g/mol. The van der Waals surface area contributed by atoms with Crippen molar-refractivity contribution in [3.63, 3.8) is 0 Å². The van der Waals surface area contributed by atoms with Crippen LogP contribution in [0.15, 0.2) is 18.5 Å². The number of amides is 2. The zero-order valence-corrected chi connectivity index (χ0v) is 10.3. The van der Waals surface area contributed by atoms with Crippen molar-refractivity contribution in [2.45, 2.75) is 39.8 Å². The minimum absolute atomic E-state index is 0.149. The van der Waals surface area contributed by atoms with E-state index in [1.807, 2.05) is 33.8 Å². The van der Waals surface area contributed by atoms with E-state index in [0.717, 1.165) is 11.1 Å². The summed E-state index contributed by atoms with van der Waals surface area (Å²) in [5.74, 6) is 0. The molecule has 0 spiro atoms. The third kappa shape index (κ3) is 4.29. The predicted octanol–water partition coefficient (Wildman–Crippen LogP) is 1.99. The molecule has 0 fully saturated rings. The summed E-state index contributed by atoms with van der Waals surface area (Å²) in [5, 5.41) is 5.66. The summed E-state index contributed by atoms with van der Waals surface area (Å²) in [7, 11) is 0. The lowest BCUT2D eigenvalue weighted by Gasteiger charge is -2.20. The van der Waals surface area contributed by atoms with Crippen molar-refractivity contribution in [2.75, 3.05) is 0 Å². The van der Waals surface area contributed by atoms with Gasteiger partial charge in [0.2, 0.25) is 0 Å². The molecule has 0 unspecified atom stereocenters. The summed E-state index contributed by atoms with van der Waals surface area (Å²) in [6.45, 7) is 8.35. The highest BCUT2D eigenvalue weighted by molar-refractivity contribution is 5.74. The molecule has 0 aliphatic rings. The smallest absolute Gasteiger partial charge is 0.315 e. The molecule has 4 heteroatoms. The molecule has 0 bridgehead atoms. The topological polar surface area (TPSA) is 54.0 Å². The maximum Gasteiger partial charge on any atom is 0.315 e. The van der Waals surface area contributed by atoms with Gasteiger partial charge in [0.15, 0.2) is 0 Å². The van der Waals surface area contributed by atoms with Gasteiger partial charge in [-0.3, -0.25) is 4.98 Å². The fourth-order valence-corrected chi connectivity index (χ4v) is 1.26. The number of aryl methyl sites for hydroxylation is 1. The van der Waals surface area contributed by atoms with E-state index in [9.17, 15) is 4.79 Å². The van der Waals surface area contributed by atoms with E-state index in [2.05, 4.69) is 15.6 Å². The van der Waals surface area contributed by atoms with E-state index in [0.29, 0.717) is 6.54 Å². The summed E-state index contributed by atoms with van der Waals surface area (Å²) in [6, 6.07) is 1.76. The number of hydrogen-bond acceptors (Lipinski definition) is 2. The van der Waals surface area contributed by atoms with Crippen molar-refractivity contribution < 1.29 is 4.79 Å². The first-order chi connectivity index (χ1) is 7.38. The second kappa shape index (κ2) is 4.96. The second-order valence-electron chi connectivity index (χ2n) is 4.86. The Hall–Kier alpha value is -1.58. The van der Waals surface area contributed by atoms with Gasteiger partial charge in [0.1, 0.15) is 0 Å². The maximum atomic E-state index is 11.5. The van der Waals surface area contributed by atoms with E-state index in [4.69, 9.17) is 0 Å². The van der Waals surface area contributed by atoms with Crippen LogP contribution >= 0.6 is 0 Å². The molecule has 1 aromatic rings. The van der Waals surface area contributed by atoms with Crippen LogP contribution in [-0.2, 0) is 6.54 Å². The van der Waals surface area contributed by atoms with Gasteiger partial charge in [-0.1, -0.05) is 0 Å². The number of nitrogens with one attached hydrogen (secondary N) is 2. The van der Waals surface area contributed by atoms with Crippen LogP contribution in [0.4, 0.5) is 4.79 Å². The van der Waals surface area contributed by atoms with Crippen LogP contribution in [0.2, 0.25) is 0 Å². The van der Waals surface area contributed by atoms with Gasteiger partial charge in [0.25, 0.3) is 0 Å². The van der Waals surface area contributed by atoms with E-state index < -0.39 is 0 Å². The number of urea groups is 1. The highest BCUT2D eigenvalue weighted by atomic mass is 16.2. The van der Waals surface area contributed by atoms with Crippen LogP contribution in [0.3, 0.4) is 0 Å². The van der Waals surface area contributed by atoms with Crippen molar-refractivity contribution in [1.29, 1.82) is 0 Å². The first kappa shape index (κ1) is 12.5. The Balaban J connectivity index is 2.47. The Labute approximate surface area is 96.5 Å². The molecule has 16 heavy (non-hydrogen) atoms. The molecule has 0 radical (unpaired) electrons. The summed E-state index contributed by atoms with van der Waals surface area (Å²) in [6.07, 6.45) is 3.52. The number of rotatable bonds is 2. The van der Waals surface area contributed by atoms with Gasteiger partial charge in [-0.2, -0.15) is 0 Å². The van der Waals surface area contributed by atoms with Gasteiger partial charge in [0, 0.05) is 24.5 Å². The van der Waals surface area contributed by atoms with Crippen LogP contribution in [0.1, 0.15) is 31.9 Å². The summed E-state index contributed by atoms with van der Waals surface area (Å²) in [5.41, 5.74) is 1.95. The molecule has 2 N–H and O–H groups in total. The number of pyridine rings is 1. The number of carbonyl (C=O) groups is 1. The predicted molar refractivity (Wildman–Crippen MR) is 64.1 cm³/mol. The Bertz CT molecular complexity index is 369. The number of nitrogens with zero attached hydrogens (tertiary/aromatic N) is 1. The quantitative estimate of drug-likeness (QED) is 0.802. The first-order valence-electron chi connectivity index (χ1n) is 5.34. The van der Waals surface area contributed by atoms with Gasteiger partial charge in [0.05, 0.1) is 0 Å². The van der Waals surface area contributed by atoms with Gasteiger partial charge in [-0.25, -0.2) is 4.79 Å². The van der Waals surface area contributed by atoms with Gasteiger partial charge in [-0.15, -0.1) is 0 Å². The van der Waals surface area contributed by atoms with E-state index >= 15 is 0 Å². The molecular formula is C12H19N3O. The normalized spacial score (nSPS) is 11.0. The van der Waals surface area contributed by atoms with E-state index in [-0.39, 0.29) is 11.6 Å². The molecule has 0 saturated carbocycles. The lowest BCUT2D eigenvalue weighted by Crippen LogP contribution is -2.46. The highest BCUT2D eigenvalue weighted by Gasteiger charge is 2.13. The van der Waals surface area contributed by atoms with Gasteiger partial charge >= 0.3 is 6.03 Å². The maximum absolute atomic E-state index is 11.5. The molecule has 1 heterocycles. The highest BCUT2D eigenvalue weighted by Crippen LogP contribution is 2.04. The molecule has 4 nitrogen and oxygen atoms in total. The SMILES string of the molecule is Cc1cnccc1CNC(=O)NC(C)(C)C. The zero-order valence-electron chi connectivity index (χ0n) is 10.3. The van der Waals surface area contributed by atoms with Crippen molar-refractivity contribution in [3.8, 4) is 0 Å². The Morgan fingerprint density at radius 2 is 2.12 bits per heavy atom. The lowest BCUT2D eigenvalue weighted by molar-refractivity contribution is 0.231. The summed E-state index contributed by atoms with van der Waals surface area (Å²) >= 11 is 0. The molecule has 2 amide bonds. The zero-order chi connectivity index (χ0) is 12.2. The van der Waals surface area contributed by atoms with Crippen LogP contribution in [0, 0.1) is 6.92 Å². The van der Waals surface area contributed by atoms with Crippen molar-refractivity contribution in [2.24, 2.45) is 0 Å². The second-order valence-corrected chi connectivity index (χ2v) is 4.86. The van der Waals surface area contributed by atoms with Crippen LogP contribution < -0.4 is 10.6 Å². The third-order valence-electron chi connectivity index (χ3n) is 2.06. The lowest BCUT2D eigenvalue weighted by atomic mass is 10.1. The fourth-order valence-electron chi connectivity index (χ4n) is 1.26. The number of aromatic nitrogens is 1. The minimum Gasteiger partial charge on any atom is -0.334 e. The van der Waals surface area contributed by atoms with Crippen molar-refractivity contribution in [3.05, 3.63) is 29.6 Å². The molecule has 0 aromatic carbocycles. The molecular weight excluding hydrogens is 202 g/mol. The van der Waals surface area contributed by atoms with Gasteiger partial charge in [-0.05, 0) is 44.9 Å². The fraction of sp³-hybridized carbons (Fsp3) is 0.500. The minimum atomic E-state index is -0.211. The van der Waals surface area contributed by atoms with Crippen LogP contribution in [0.5, 0.6) is 0 Å². The molecule has 0 aliphatic carbocycles. The Kier molecular flexibility index (Phi) is 3.88. The summed E-state index contributed by atoms with van der Waals surface area (Å²) < 4.78 is 0. The van der Waals surface area contributed by atoms with Crippen molar-refractivity contribution in [1.82, 2.24) is 15.6 Å². The molecule has 88 valence electrons. The molecule has 1 aromatic heterocycles. The Morgan fingerprint density at radius 1 is 1.44 bits per heavy atom. The number of carbonyl (C=O) groups excluding carboxylic acids is 1.